The molecule has 0 fully saturated rings. The highest BCUT2D eigenvalue weighted by molar-refractivity contribution is 5.60. The second-order valence-corrected chi connectivity index (χ2v) is 3.58. The van der Waals surface area contributed by atoms with Crippen LogP contribution in [0.3, 0.4) is 0 Å². The van der Waals surface area contributed by atoms with Gasteiger partial charge >= 0.3 is 0 Å². The van der Waals surface area contributed by atoms with Gasteiger partial charge in [0, 0.05) is 11.6 Å². The van der Waals surface area contributed by atoms with Crippen molar-refractivity contribution in [3.8, 4) is 22.9 Å². The van der Waals surface area contributed by atoms with Gasteiger partial charge in [0.25, 0.3) is 0 Å². The molecule has 0 aliphatic carbocycles. The third kappa shape index (κ3) is 1.76. The van der Waals surface area contributed by atoms with Gasteiger partial charge in [0.15, 0.2) is 11.6 Å². The lowest BCUT2D eigenvalue weighted by molar-refractivity contribution is 1.06. The third-order valence-electron chi connectivity index (χ3n) is 2.37. The molecule has 6 heteroatoms. The molecule has 3 rings (SSSR count). The van der Waals surface area contributed by atoms with E-state index in [1.807, 2.05) is 30.3 Å². The Kier molecular flexibility index (Phi) is 2.11. The molecule has 0 amide bonds. The molecule has 0 aliphatic heterocycles. The Bertz CT molecular complexity index is 624. The van der Waals surface area contributed by atoms with E-state index in [0.29, 0.717) is 17.5 Å². The van der Waals surface area contributed by atoms with Crippen LogP contribution >= 0.6 is 0 Å². The number of H-pyrrole nitrogens is 2. The van der Waals surface area contributed by atoms with Crippen molar-refractivity contribution in [3.05, 3.63) is 36.4 Å². The Morgan fingerprint density at radius 1 is 1.00 bits per heavy atom. The van der Waals surface area contributed by atoms with E-state index in [1.165, 1.54) is 0 Å². The average Bonchev–Trinajstić information content (AvgIpc) is 2.98. The maximum absolute atomic E-state index is 5.53. The quantitative estimate of drug-likeness (QED) is 0.616. The lowest BCUT2D eigenvalue weighted by Gasteiger charge is -1.91. The fourth-order valence-electron chi connectivity index (χ4n) is 1.56. The zero-order valence-electron chi connectivity index (χ0n) is 8.88. The van der Waals surface area contributed by atoms with E-state index < -0.39 is 0 Å². The van der Waals surface area contributed by atoms with Crippen LogP contribution in [0.5, 0.6) is 0 Å². The first-order chi connectivity index (χ1) is 8.33. The minimum absolute atomic E-state index is 0.428. The zero-order valence-corrected chi connectivity index (χ0v) is 8.88. The van der Waals surface area contributed by atoms with Crippen LogP contribution in [-0.4, -0.2) is 25.4 Å². The summed E-state index contributed by atoms with van der Waals surface area (Å²) in [6, 6.07) is 11.4. The van der Waals surface area contributed by atoms with Gasteiger partial charge in [-0.3, -0.25) is 10.2 Å². The van der Waals surface area contributed by atoms with E-state index in [4.69, 9.17) is 5.73 Å². The van der Waals surface area contributed by atoms with Crippen molar-refractivity contribution in [3.63, 3.8) is 0 Å². The monoisotopic (exact) mass is 226 g/mol. The minimum atomic E-state index is 0.428. The second-order valence-electron chi connectivity index (χ2n) is 3.58. The molecule has 4 N–H and O–H groups in total. The number of aromatic amines is 2. The molecule has 0 radical (unpaired) electrons. The summed E-state index contributed by atoms with van der Waals surface area (Å²) < 4.78 is 0. The number of nitrogen functional groups attached to an aromatic ring is 1. The Balaban J connectivity index is 1.99. The Labute approximate surface area is 96.9 Å². The van der Waals surface area contributed by atoms with Crippen molar-refractivity contribution in [1.82, 2.24) is 25.4 Å². The summed E-state index contributed by atoms with van der Waals surface area (Å²) in [5.41, 5.74) is 7.21. The van der Waals surface area contributed by atoms with Gasteiger partial charge < -0.3 is 5.73 Å². The van der Waals surface area contributed by atoms with Crippen molar-refractivity contribution >= 4 is 5.82 Å². The van der Waals surface area contributed by atoms with Gasteiger partial charge in [-0.2, -0.15) is 10.2 Å². The van der Waals surface area contributed by atoms with Gasteiger partial charge in [0.1, 0.15) is 11.5 Å². The van der Waals surface area contributed by atoms with Crippen LogP contribution in [0, 0.1) is 0 Å². The molecule has 0 aliphatic rings. The van der Waals surface area contributed by atoms with Gasteiger partial charge in [0.05, 0.1) is 0 Å². The molecule has 2 heterocycles. The lowest BCUT2D eigenvalue weighted by Crippen LogP contribution is -1.81. The molecule has 0 saturated carbocycles. The van der Waals surface area contributed by atoms with E-state index in [1.54, 1.807) is 6.07 Å². The predicted octanol–water partition coefficient (Wildman–Crippen LogP) is 1.44. The molecular weight excluding hydrogens is 216 g/mol. The van der Waals surface area contributed by atoms with Crippen LogP contribution in [-0.2, 0) is 0 Å². The van der Waals surface area contributed by atoms with E-state index in [9.17, 15) is 0 Å². The normalized spacial score (nSPS) is 10.6. The highest BCUT2D eigenvalue weighted by atomic mass is 15.2. The smallest absolute Gasteiger partial charge is 0.181 e. The molecule has 0 bridgehead atoms. The summed E-state index contributed by atoms with van der Waals surface area (Å²) in [5, 5.41) is 13.6. The summed E-state index contributed by atoms with van der Waals surface area (Å²) in [4.78, 5) is 4.37. The standard InChI is InChI=1S/C11H10N6/c12-9-6-8(14-15-9)11-13-10(16-17-11)7-4-2-1-3-5-7/h1-6H,(H3,12,14,15)(H,13,16,17). The molecular formula is C11H10N6. The van der Waals surface area contributed by atoms with E-state index >= 15 is 0 Å². The molecule has 0 atom stereocenters. The van der Waals surface area contributed by atoms with Crippen LogP contribution in [0.15, 0.2) is 36.4 Å². The van der Waals surface area contributed by atoms with Crippen LogP contribution in [0.4, 0.5) is 5.82 Å². The fraction of sp³-hybridized carbons (Fsp3) is 0. The number of aromatic nitrogens is 5. The number of nitrogens with one attached hydrogen (secondary N) is 2. The molecule has 6 nitrogen and oxygen atoms in total. The summed E-state index contributed by atoms with van der Waals surface area (Å²) in [5.74, 6) is 1.69. The van der Waals surface area contributed by atoms with Crippen molar-refractivity contribution in [2.24, 2.45) is 0 Å². The first kappa shape index (κ1) is 9.59. The topological polar surface area (TPSA) is 96.3 Å². The van der Waals surface area contributed by atoms with Gasteiger partial charge in [-0.05, 0) is 0 Å². The average molecular weight is 226 g/mol. The first-order valence-corrected chi connectivity index (χ1v) is 5.12. The fourth-order valence-corrected chi connectivity index (χ4v) is 1.56. The predicted molar refractivity (Wildman–Crippen MR) is 63.8 cm³/mol. The summed E-state index contributed by atoms with van der Waals surface area (Å²) >= 11 is 0. The number of hydrogen-bond donors (Lipinski definition) is 3. The molecule has 3 aromatic rings. The second kappa shape index (κ2) is 3.75. The number of rotatable bonds is 2. The Hall–Kier alpha value is -2.63. The third-order valence-corrected chi connectivity index (χ3v) is 2.37. The lowest BCUT2D eigenvalue weighted by atomic mass is 10.2. The largest absolute Gasteiger partial charge is 0.382 e. The summed E-state index contributed by atoms with van der Waals surface area (Å²) in [6.45, 7) is 0. The first-order valence-electron chi connectivity index (χ1n) is 5.12. The van der Waals surface area contributed by atoms with Crippen LogP contribution < -0.4 is 5.73 Å². The number of nitrogens with zero attached hydrogens (tertiary/aromatic N) is 3. The molecule has 1 aromatic carbocycles. The Morgan fingerprint density at radius 3 is 2.53 bits per heavy atom. The highest BCUT2D eigenvalue weighted by Crippen LogP contribution is 2.18. The van der Waals surface area contributed by atoms with Crippen molar-refractivity contribution in [1.29, 1.82) is 0 Å². The molecule has 17 heavy (non-hydrogen) atoms. The molecule has 0 saturated heterocycles. The maximum Gasteiger partial charge on any atom is 0.181 e. The molecule has 0 spiro atoms. The van der Waals surface area contributed by atoms with Crippen molar-refractivity contribution < 1.29 is 0 Å². The van der Waals surface area contributed by atoms with Crippen LogP contribution in [0.1, 0.15) is 0 Å². The number of anilines is 1. The SMILES string of the molecule is Nc1cc(-c2nc(-c3ccccc3)n[nH]2)[nH]n1. The Morgan fingerprint density at radius 2 is 1.82 bits per heavy atom. The number of benzene rings is 1. The highest BCUT2D eigenvalue weighted by Gasteiger charge is 2.08. The minimum Gasteiger partial charge on any atom is -0.382 e. The number of nitrogens with two attached hydrogens (primary N) is 1. The van der Waals surface area contributed by atoms with Gasteiger partial charge in [-0.25, -0.2) is 4.98 Å². The zero-order chi connectivity index (χ0) is 11.7. The summed E-state index contributed by atoms with van der Waals surface area (Å²) in [7, 11) is 0. The van der Waals surface area contributed by atoms with Crippen LogP contribution in [0.25, 0.3) is 22.9 Å². The number of hydrogen-bond acceptors (Lipinski definition) is 4. The summed E-state index contributed by atoms with van der Waals surface area (Å²) in [6.07, 6.45) is 0. The molecule has 0 unspecified atom stereocenters. The van der Waals surface area contributed by atoms with E-state index in [2.05, 4.69) is 25.4 Å². The molecule has 84 valence electrons. The van der Waals surface area contributed by atoms with E-state index in [-0.39, 0.29) is 0 Å². The van der Waals surface area contributed by atoms with Gasteiger partial charge in [-0.1, -0.05) is 30.3 Å². The molecule has 2 aromatic heterocycles. The van der Waals surface area contributed by atoms with Crippen LogP contribution in [0.2, 0.25) is 0 Å². The van der Waals surface area contributed by atoms with Crippen molar-refractivity contribution in [2.45, 2.75) is 0 Å². The van der Waals surface area contributed by atoms with E-state index in [0.717, 1.165) is 11.3 Å². The van der Waals surface area contributed by atoms with Gasteiger partial charge in [0.2, 0.25) is 0 Å². The van der Waals surface area contributed by atoms with Crippen molar-refractivity contribution in [2.75, 3.05) is 5.73 Å². The maximum atomic E-state index is 5.53. The van der Waals surface area contributed by atoms with Gasteiger partial charge in [-0.15, -0.1) is 0 Å².